The highest BCUT2D eigenvalue weighted by Gasteiger charge is 2.32. The lowest BCUT2D eigenvalue weighted by Crippen LogP contribution is -2.40. The number of rotatable bonds is 6. The van der Waals surface area contributed by atoms with Crippen LogP contribution in [-0.4, -0.2) is 56.9 Å². The largest absolute Gasteiger partial charge is 0.490 e. The molecule has 2 aromatic carbocycles. The van der Waals surface area contributed by atoms with Crippen LogP contribution in [-0.2, 0) is 14.8 Å². The second kappa shape index (κ2) is 9.75. The Morgan fingerprint density at radius 2 is 1.84 bits per heavy atom. The maximum atomic E-state index is 13.0. The first-order chi connectivity index (χ1) is 15.4. The summed E-state index contributed by atoms with van der Waals surface area (Å²) in [6, 6.07) is 14.9. The van der Waals surface area contributed by atoms with Crippen LogP contribution in [0.3, 0.4) is 0 Å². The Hall–Kier alpha value is -2.84. The Balaban J connectivity index is 1.44. The molecular formula is C24H28N2O5S. The van der Waals surface area contributed by atoms with Gasteiger partial charge in [-0.05, 0) is 42.2 Å². The number of carbonyl (C=O) groups excluding carboxylic acids is 1. The normalized spacial score (nSPS) is 18.8. The minimum absolute atomic E-state index is 0.101. The summed E-state index contributed by atoms with van der Waals surface area (Å²) >= 11 is 0. The minimum atomic E-state index is -3.71. The van der Waals surface area contributed by atoms with Gasteiger partial charge in [0.1, 0.15) is 0 Å². The van der Waals surface area contributed by atoms with E-state index < -0.39 is 10.0 Å². The van der Waals surface area contributed by atoms with E-state index in [2.05, 4.69) is 0 Å². The molecule has 1 atom stereocenters. The standard InChI is InChI=1S/C24H28N2O5S/c1-25(32(28,29)16-12-19-7-3-2-4-8-19)18-24(27)26-13-5-9-21(26)20-10-11-22-23(17-20)31-15-6-14-30-22/h2-4,7-8,10-12,16-17,21H,5-6,9,13-15,18H2,1H3. The molecule has 8 heteroatoms. The zero-order valence-electron chi connectivity index (χ0n) is 18.1. The SMILES string of the molecule is CN(CC(=O)N1CCCC1c1ccc2c(c1)OCCCO2)S(=O)(=O)C=Cc1ccccc1. The molecule has 0 bridgehead atoms. The van der Waals surface area contributed by atoms with E-state index in [1.165, 1.54) is 13.1 Å². The van der Waals surface area contributed by atoms with Gasteiger partial charge in [-0.15, -0.1) is 0 Å². The van der Waals surface area contributed by atoms with E-state index in [0.717, 1.165) is 45.9 Å². The summed E-state index contributed by atoms with van der Waals surface area (Å²) in [6.45, 7) is 1.62. The molecule has 0 saturated carbocycles. The quantitative estimate of drug-likeness (QED) is 0.666. The number of ether oxygens (including phenoxy) is 2. The lowest BCUT2D eigenvalue weighted by Gasteiger charge is -2.27. The first-order valence-corrected chi connectivity index (χ1v) is 12.3. The number of hydrogen-bond donors (Lipinski definition) is 0. The van der Waals surface area contributed by atoms with Crippen molar-refractivity contribution in [3.05, 3.63) is 65.1 Å². The molecule has 2 aliphatic rings. The highest BCUT2D eigenvalue weighted by atomic mass is 32.2. The number of nitrogens with zero attached hydrogens (tertiary/aromatic N) is 2. The van der Waals surface area contributed by atoms with Gasteiger partial charge in [0.05, 0.1) is 25.8 Å². The van der Waals surface area contributed by atoms with Crippen molar-refractivity contribution in [3.63, 3.8) is 0 Å². The van der Waals surface area contributed by atoms with E-state index in [0.29, 0.717) is 25.5 Å². The third-order valence-electron chi connectivity index (χ3n) is 5.75. The fourth-order valence-electron chi connectivity index (χ4n) is 4.00. The molecule has 7 nitrogen and oxygen atoms in total. The van der Waals surface area contributed by atoms with Crippen molar-refractivity contribution in [2.24, 2.45) is 0 Å². The lowest BCUT2D eigenvalue weighted by atomic mass is 10.0. The summed E-state index contributed by atoms with van der Waals surface area (Å²) in [5.74, 6) is 1.21. The molecule has 0 radical (unpaired) electrons. The predicted octanol–water partition coefficient (Wildman–Crippen LogP) is 3.44. The Kier molecular flexibility index (Phi) is 6.81. The Bertz CT molecular complexity index is 1080. The van der Waals surface area contributed by atoms with E-state index in [9.17, 15) is 13.2 Å². The first-order valence-electron chi connectivity index (χ1n) is 10.8. The van der Waals surface area contributed by atoms with Crippen LogP contribution in [0.4, 0.5) is 0 Å². The van der Waals surface area contributed by atoms with Crippen LogP contribution < -0.4 is 9.47 Å². The van der Waals surface area contributed by atoms with Crippen molar-refractivity contribution in [1.82, 2.24) is 9.21 Å². The number of sulfonamides is 1. The summed E-state index contributed by atoms with van der Waals surface area (Å²) in [6.07, 6.45) is 4.06. The Labute approximate surface area is 189 Å². The molecule has 32 heavy (non-hydrogen) atoms. The highest BCUT2D eigenvalue weighted by Crippen LogP contribution is 2.38. The Morgan fingerprint density at radius 3 is 2.62 bits per heavy atom. The van der Waals surface area contributed by atoms with Crippen LogP contribution in [0.25, 0.3) is 6.08 Å². The van der Waals surface area contributed by atoms with E-state index in [-0.39, 0.29) is 18.5 Å². The van der Waals surface area contributed by atoms with Crippen molar-refractivity contribution in [1.29, 1.82) is 0 Å². The number of fused-ring (bicyclic) bond motifs is 1. The summed E-state index contributed by atoms with van der Waals surface area (Å²) in [5.41, 5.74) is 1.76. The van der Waals surface area contributed by atoms with Gasteiger partial charge in [-0.25, -0.2) is 8.42 Å². The van der Waals surface area contributed by atoms with E-state index in [1.54, 1.807) is 4.90 Å². The monoisotopic (exact) mass is 456 g/mol. The number of benzene rings is 2. The van der Waals surface area contributed by atoms with Crippen LogP contribution in [0.2, 0.25) is 0 Å². The van der Waals surface area contributed by atoms with Crippen molar-refractivity contribution in [2.75, 3.05) is 33.4 Å². The van der Waals surface area contributed by atoms with Gasteiger partial charge in [-0.2, -0.15) is 4.31 Å². The third kappa shape index (κ3) is 5.14. The zero-order chi connectivity index (χ0) is 22.6. The van der Waals surface area contributed by atoms with Crippen molar-refractivity contribution in [2.45, 2.75) is 25.3 Å². The molecule has 170 valence electrons. The molecule has 2 heterocycles. The van der Waals surface area contributed by atoms with Gasteiger partial charge in [-0.3, -0.25) is 4.79 Å². The summed E-state index contributed by atoms with van der Waals surface area (Å²) in [7, 11) is -2.28. The lowest BCUT2D eigenvalue weighted by molar-refractivity contribution is -0.132. The van der Waals surface area contributed by atoms with Gasteiger partial charge >= 0.3 is 0 Å². The maximum absolute atomic E-state index is 13.0. The van der Waals surface area contributed by atoms with Gasteiger partial charge in [0, 0.05) is 25.4 Å². The molecule has 1 unspecified atom stereocenters. The number of carbonyl (C=O) groups is 1. The van der Waals surface area contributed by atoms with Gasteiger partial charge in [0.25, 0.3) is 0 Å². The topological polar surface area (TPSA) is 76.2 Å². The molecule has 2 aromatic rings. The number of hydrogen-bond acceptors (Lipinski definition) is 5. The molecule has 4 rings (SSSR count). The fourth-order valence-corrected chi connectivity index (χ4v) is 4.83. The van der Waals surface area contributed by atoms with E-state index in [4.69, 9.17) is 9.47 Å². The average molecular weight is 457 g/mol. The second-order valence-electron chi connectivity index (χ2n) is 8.02. The van der Waals surface area contributed by atoms with Gasteiger partial charge < -0.3 is 14.4 Å². The van der Waals surface area contributed by atoms with Crippen molar-refractivity contribution in [3.8, 4) is 11.5 Å². The van der Waals surface area contributed by atoms with E-state index in [1.807, 2.05) is 48.5 Å². The first kappa shape index (κ1) is 22.4. The molecule has 1 saturated heterocycles. The van der Waals surface area contributed by atoms with Crippen molar-refractivity contribution >= 4 is 22.0 Å². The van der Waals surface area contributed by atoms with Crippen LogP contribution >= 0.6 is 0 Å². The third-order valence-corrected chi connectivity index (χ3v) is 7.23. The molecular weight excluding hydrogens is 428 g/mol. The van der Waals surface area contributed by atoms with Gasteiger partial charge in [0.15, 0.2) is 11.5 Å². The molecule has 0 N–H and O–H groups in total. The van der Waals surface area contributed by atoms with Crippen LogP contribution in [0.15, 0.2) is 53.9 Å². The smallest absolute Gasteiger partial charge is 0.238 e. The Morgan fingerprint density at radius 1 is 1.09 bits per heavy atom. The van der Waals surface area contributed by atoms with Gasteiger partial charge in [-0.1, -0.05) is 36.4 Å². The number of likely N-dealkylation sites (N-methyl/N-ethyl adjacent to an activating group) is 1. The van der Waals surface area contributed by atoms with E-state index >= 15 is 0 Å². The number of amides is 1. The minimum Gasteiger partial charge on any atom is -0.490 e. The summed E-state index contributed by atoms with van der Waals surface area (Å²) < 4.78 is 37.9. The molecule has 0 aromatic heterocycles. The predicted molar refractivity (Wildman–Crippen MR) is 123 cm³/mol. The average Bonchev–Trinajstić information content (AvgIpc) is 3.17. The summed E-state index contributed by atoms with van der Waals surface area (Å²) in [5, 5.41) is 1.14. The zero-order valence-corrected chi connectivity index (χ0v) is 19.0. The van der Waals surface area contributed by atoms with Crippen LogP contribution in [0.5, 0.6) is 11.5 Å². The molecule has 0 aliphatic carbocycles. The molecule has 0 spiro atoms. The molecule has 2 aliphatic heterocycles. The fraction of sp³-hybridized carbons (Fsp3) is 0.375. The number of likely N-dealkylation sites (tertiary alicyclic amines) is 1. The summed E-state index contributed by atoms with van der Waals surface area (Å²) in [4.78, 5) is 14.8. The van der Waals surface area contributed by atoms with Crippen LogP contribution in [0, 0.1) is 0 Å². The van der Waals surface area contributed by atoms with Gasteiger partial charge in [0.2, 0.25) is 15.9 Å². The second-order valence-corrected chi connectivity index (χ2v) is 9.94. The van der Waals surface area contributed by atoms with Crippen molar-refractivity contribution < 1.29 is 22.7 Å². The highest BCUT2D eigenvalue weighted by molar-refractivity contribution is 7.92. The van der Waals surface area contributed by atoms with Crippen LogP contribution in [0.1, 0.15) is 36.4 Å². The molecule has 1 fully saturated rings. The maximum Gasteiger partial charge on any atom is 0.238 e. The molecule has 1 amide bonds.